The molecule has 182 valence electrons. The highest BCUT2D eigenvalue weighted by Gasteiger charge is 2.33. The van der Waals surface area contributed by atoms with Crippen LogP contribution in [0, 0.1) is 0 Å². The predicted octanol–water partition coefficient (Wildman–Crippen LogP) is 4.05. The summed E-state index contributed by atoms with van der Waals surface area (Å²) in [6.45, 7) is 7.60. The Bertz CT molecular complexity index is 1490. The zero-order chi connectivity index (χ0) is 25.3. The van der Waals surface area contributed by atoms with Crippen LogP contribution >= 0.6 is 27.3 Å². The van der Waals surface area contributed by atoms with Crippen LogP contribution in [0.5, 0.6) is 11.5 Å². The SMILES string of the molecule is CCOC(=O)C1=C(C)N=c2sc(=Cc3ccc(O)c(Br)c3)c(=O)n2[C@H]1c1ccc(OC(C)C)cc1. The number of aromatic nitrogens is 1. The maximum absolute atomic E-state index is 13.6. The van der Waals surface area contributed by atoms with Gasteiger partial charge in [0.2, 0.25) is 0 Å². The first-order chi connectivity index (χ1) is 16.7. The number of nitrogens with zero attached hydrogens (tertiary/aromatic N) is 2. The molecule has 0 amide bonds. The summed E-state index contributed by atoms with van der Waals surface area (Å²) < 4.78 is 13.6. The van der Waals surface area contributed by atoms with Gasteiger partial charge in [0.25, 0.3) is 5.56 Å². The second-order valence-corrected chi connectivity index (χ2v) is 10.1. The molecule has 0 bridgehead atoms. The number of aromatic hydroxyl groups is 1. The molecule has 2 heterocycles. The number of phenolic OH excluding ortho intramolecular Hbond substituents is 1. The molecular formula is C26H25BrN2O5S. The van der Waals surface area contributed by atoms with E-state index in [1.165, 1.54) is 11.3 Å². The number of thiazole rings is 1. The lowest BCUT2D eigenvalue weighted by Gasteiger charge is -2.25. The predicted molar refractivity (Wildman–Crippen MR) is 138 cm³/mol. The molecule has 3 aromatic rings. The molecule has 1 aliphatic heterocycles. The number of hydrogen-bond acceptors (Lipinski definition) is 7. The van der Waals surface area contributed by atoms with E-state index >= 15 is 0 Å². The highest BCUT2D eigenvalue weighted by molar-refractivity contribution is 9.10. The van der Waals surface area contributed by atoms with Gasteiger partial charge >= 0.3 is 5.97 Å². The molecule has 1 aromatic heterocycles. The van der Waals surface area contributed by atoms with Gasteiger partial charge in [0.1, 0.15) is 11.5 Å². The van der Waals surface area contributed by atoms with E-state index in [4.69, 9.17) is 9.47 Å². The van der Waals surface area contributed by atoms with Gasteiger partial charge in [-0.15, -0.1) is 0 Å². The van der Waals surface area contributed by atoms with E-state index in [0.717, 1.165) is 11.1 Å². The van der Waals surface area contributed by atoms with E-state index in [9.17, 15) is 14.7 Å². The molecule has 0 radical (unpaired) electrons. The van der Waals surface area contributed by atoms with Gasteiger partial charge in [0.15, 0.2) is 4.80 Å². The first-order valence-electron chi connectivity index (χ1n) is 11.1. The lowest BCUT2D eigenvalue weighted by molar-refractivity contribution is -0.139. The van der Waals surface area contributed by atoms with Crippen molar-refractivity contribution in [1.82, 2.24) is 4.57 Å². The van der Waals surface area contributed by atoms with Crippen molar-refractivity contribution >= 4 is 39.3 Å². The molecule has 1 N–H and O–H groups in total. The van der Waals surface area contributed by atoms with Crippen molar-refractivity contribution in [2.45, 2.75) is 39.8 Å². The van der Waals surface area contributed by atoms with E-state index in [-0.39, 0.29) is 24.0 Å². The quantitative estimate of drug-likeness (QED) is 0.462. The molecule has 0 aliphatic carbocycles. The summed E-state index contributed by atoms with van der Waals surface area (Å²) in [6.07, 6.45) is 1.77. The van der Waals surface area contributed by atoms with Gasteiger partial charge in [-0.25, -0.2) is 9.79 Å². The number of benzene rings is 2. The molecule has 0 saturated heterocycles. The van der Waals surface area contributed by atoms with Gasteiger partial charge in [-0.3, -0.25) is 9.36 Å². The van der Waals surface area contributed by atoms with Crippen molar-refractivity contribution < 1.29 is 19.4 Å². The molecule has 0 saturated carbocycles. The standard InChI is InChI=1S/C26H25BrN2O5S/c1-5-33-25(32)22-15(4)28-26-29(23(22)17-7-9-18(10-8-17)34-14(2)3)24(31)21(35-26)13-16-6-11-20(30)19(27)12-16/h6-14,23,30H,5H2,1-4H3/t23-/m0/s1. The fourth-order valence-corrected chi connectivity index (χ4v) is 5.32. The number of fused-ring (bicyclic) bond motifs is 1. The Morgan fingerprint density at radius 3 is 2.60 bits per heavy atom. The molecule has 0 unspecified atom stereocenters. The van der Waals surface area contributed by atoms with Crippen molar-refractivity contribution in [3.8, 4) is 11.5 Å². The largest absolute Gasteiger partial charge is 0.507 e. The average Bonchev–Trinajstić information content (AvgIpc) is 3.10. The number of carbonyl (C=O) groups excluding carboxylic acids is 1. The van der Waals surface area contributed by atoms with Crippen molar-refractivity contribution in [2.75, 3.05) is 6.61 Å². The maximum atomic E-state index is 13.6. The summed E-state index contributed by atoms with van der Waals surface area (Å²) in [4.78, 5) is 31.7. The molecule has 1 atom stereocenters. The van der Waals surface area contributed by atoms with Gasteiger partial charge in [-0.1, -0.05) is 29.5 Å². The number of hydrogen-bond donors (Lipinski definition) is 1. The molecule has 0 spiro atoms. The minimum absolute atomic E-state index is 0.0238. The van der Waals surface area contributed by atoms with Crippen LogP contribution in [0.15, 0.2) is 68.0 Å². The summed E-state index contributed by atoms with van der Waals surface area (Å²) in [5, 5.41) is 9.78. The van der Waals surface area contributed by atoms with Gasteiger partial charge in [-0.2, -0.15) is 0 Å². The molecule has 2 aromatic carbocycles. The minimum Gasteiger partial charge on any atom is -0.507 e. The van der Waals surface area contributed by atoms with Crippen LogP contribution in [0.3, 0.4) is 0 Å². The first kappa shape index (κ1) is 24.9. The van der Waals surface area contributed by atoms with Gasteiger partial charge in [-0.05, 0) is 85.1 Å². The van der Waals surface area contributed by atoms with Crippen molar-refractivity contribution in [2.24, 2.45) is 4.99 Å². The fourth-order valence-electron chi connectivity index (χ4n) is 3.87. The minimum atomic E-state index is -0.688. The molecule has 1 aliphatic rings. The summed E-state index contributed by atoms with van der Waals surface area (Å²) in [5.74, 6) is 0.314. The van der Waals surface area contributed by atoms with E-state index in [1.807, 2.05) is 38.1 Å². The Hall–Kier alpha value is -3.17. The van der Waals surface area contributed by atoms with Crippen LogP contribution in [-0.2, 0) is 9.53 Å². The monoisotopic (exact) mass is 556 g/mol. The van der Waals surface area contributed by atoms with Crippen LogP contribution in [0.2, 0.25) is 0 Å². The molecule has 4 rings (SSSR count). The van der Waals surface area contributed by atoms with Crippen molar-refractivity contribution in [1.29, 1.82) is 0 Å². The number of ether oxygens (including phenoxy) is 2. The number of rotatable bonds is 6. The Morgan fingerprint density at radius 1 is 1.26 bits per heavy atom. The molecule has 0 fully saturated rings. The van der Waals surface area contributed by atoms with E-state index in [1.54, 1.807) is 42.7 Å². The summed E-state index contributed by atoms with van der Waals surface area (Å²) in [7, 11) is 0. The lowest BCUT2D eigenvalue weighted by atomic mass is 9.96. The average molecular weight is 557 g/mol. The summed E-state index contributed by atoms with van der Waals surface area (Å²) in [5.41, 5.74) is 2.07. The summed E-state index contributed by atoms with van der Waals surface area (Å²) in [6, 6.07) is 11.7. The number of carbonyl (C=O) groups is 1. The van der Waals surface area contributed by atoms with Gasteiger partial charge in [0, 0.05) is 0 Å². The second kappa shape index (κ2) is 10.2. The maximum Gasteiger partial charge on any atom is 0.338 e. The van der Waals surface area contributed by atoms with Crippen molar-refractivity contribution in [3.63, 3.8) is 0 Å². The highest BCUT2D eigenvalue weighted by atomic mass is 79.9. The lowest BCUT2D eigenvalue weighted by Crippen LogP contribution is -2.39. The van der Waals surface area contributed by atoms with Crippen LogP contribution in [-0.4, -0.2) is 28.4 Å². The third kappa shape index (κ3) is 5.11. The van der Waals surface area contributed by atoms with Crippen molar-refractivity contribution in [3.05, 3.63) is 89.0 Å². The zero-order valence-electron chi connectivity index (χ0n) is 19.7. The first-order valence-corrected chi connectivity index (χ1v) is 12.7. The Kier molecular flexibility index (Phi) is 7.28. The third-order valence-corrected chi connectivity index (χ3v) is 6.97. The number of esters is 1. The van der Waals surface area contributed by atoms with Gasteiger partial charge in [0.05, 0.1) is 39.0 Å². The van der Waals surface area contributed by atoms with Crippen LogP contribution in [0.25, 0.3) is 6.08 Å². The van der Waals surface area contributed by atoms with Gasteiger partial charge < -0.3 is 14.6 Å². The Labute approximate surface area is 214 Å². The number of halogens is 1. The van der Waals surface area contributed by atoms with Crippen LogP contribution < -0.4 is 19.6 Å². The molecule has 35 heavy (non-hydrogen) atoms. The highest BCUT2D eigenvalue weighted by Crippen LogP contribution is 2.32. The zero-order valence-corrected chi connectivity index (χ0v) is 22.1. The second-order valence-electron chi connectivity index (χ2n) is 8.25. The fraction of sp³-hybridized carbons (Fsp3) is 0.269. The molecular weight excluding hydrogens is 532 g/mol. The topological polar surface area (TPSA) is 90.1 Å². The Morgan fingerprint density at radius 2 is 1.97 bits per heavy atom. The van der Waals surface area contributed by atoms with Crippen LogP contribution in [0.4, 0.5) is 0 Å². The Balaban J connectivity index is 1.89. The summed E-state index contributed by atoms with van der Waals surface area (Å²) >= 11 is 4.55. The van der Waals surface area contributed by atoms with E-state index < -0.39 is 12.0 Å². The third-order valence-electron chi connectivity index (χ3n) is 5.35. The molecule has 7 nitrogen and oxygen atoms in total. The number of phenols is 1. The van der Waals surface area contributed by atoms with E-state index in [0.29, 0.717) is 30.8 Å². The van der Waals surface area contributed by atoms with Crippen LogP contribution in [0.1, 0.15) is 44.9 Å². The normalized spacial score (nSPS) is 15.7. The smallest absolute Gasteiger partial charge is 0.338 e. The number of allylic oxidation sites excluding steroid dienone is 1. The van der Waals surface area contributed by atoms with E-state index in [2.05, 4.69) is 20.9 Å². The molecule has 9 heteroatoms.